The van der Waals surface area contributed by atoms with E-state index in [2.05, 4.69) is 10.3 Å². The summed E-state index contributed by atoms with van der Waals surface area (Å²) < 4.78 is 7.58. The highest BCUT2D eigenvalue weighted by molar-refractivity contribution is 5.41. The van der Waals surface area contributed by atoms with Gasteiger partial charge < -0.3 is 14.4 Å². The largest absolute Gasteiger partial charge is 0.493 e. The van der Waals surface area contributed by atoms with E-state index in [9.17, 15) is 5.11 Å². The number of benzene rings is 1. The van der Waals surface area contributed by atoms with E-state index in [0.29, 0.717) is 13.2 Å². The van der Waals surface area contributed by atoms with Gasteiger partial charge in [0, 0.05) is 31.8 Å². The number of imidazole rings is 1. The molecule has 0 aliphatic carbocycles. The standard InChI is InChI=1S/C15H19N3O2/c1-18-9-12(16-11-18)8-17-15(10-19)6-7-20-14-5-3-2-4-13(14)15/h2-5,9,11,17,19H,6-8,10H2,1H3. The van der Waals surface area contributed by atoms with E-state index in [1.54, 1.807) is 6.33 Å². The average Bonchev–Trinajstić information content (AvgIpc) is 2.91. The van der Waals surface area contributed by atoms with Gasteiger partial charge in [-0.25, -0.2) is 4.98 Å². The molecule has 3 rings (SSSR count). The van der Waals surface area contributed by atoms with Crippen molar-refractivity contribution in [3.63, 3.8) is 0 Å². The van der Waals surface area contributed by atoms with E-state index >= 15 is 0 Å². The highest BCUT2D eigenvalue weighted by atomic mass is 16.5. The van der Waals surface area contributed by atoms with Gasteiger partial charge in [0.15, 0.2) is 0 Å². The van der Waals surface area contributed by atoms with Crippen LogP contribution in [0.3, 0.4) is 0 Å². The summed E-state index contributed by atoms with van der Waals surface area (Å²) >= 11 is 0. The molecule has 1 aromatic carbocycles. The second kappa shape index (κ2) is 5.26. The Morgan fingerprint density at radius 2 is 2.30 bits per heavy atom. The third-order valence-corrected chi connectivity index (χ3v) is 3.83. The van der Waals surface area contributed by atoms with Crippen molar-refractivity contribution in [1.82, 2.24) is 14.9 Å². The van der Waals surface area contributed by atoms with Crippen LogP contribution in [0.4, 0.5) is 0 Å². The molecule has 0 fully saturated rings. The third kappa shape index (κ3) is 2.30. The van der Waals surface area contributed by atoms with Crippen LogP contribution in [-0.2, 0) is 19.1 Å². The van der Waals surface area contributed by atoms with Crippen LogP contribution in [0, 0.1) is 0 Å². The maximum absolute atomic E-state index is 9.93. The van der Waals surface area contributed by atoms with Crippen LogP contribution in [0.2, 0.25) is 0 Å². The second-order valence-corrected chi connectivity index (χ2v) is 5.22. The topological polar surface area (TPSA) is 59.3 Å². The molecule has 1 atom stereocenters. The molecule has 0 amide bonds. The first-order valence-corrected chi connectivity index (χ1v) is 6.78. The zero-order valence-corrected chi connectivity index (χ0v) is 11.5. The fraction of sp³-hybridized carbons (Fsp3) is 0.400. The Balaban J connectivity index is 1.85. The van der Waals surface area contributed by atoms with Gasteiger partial charge in [-0.1, -0.05) is 18.2 Å². The van der Waals surface area contributed by atoms with Crippen molar-refractivity contribution in [2.45, 2.75) is 18.5 Å². The maximum atomic E-state index is 9.93. The summed E-state index contributed by atoms with van der Waals surface area (Å²) in [5.74, 6) is 0.848. The smallest absolute Gasteiger partial charge is 0.124 e. The van der Waals surface area contributed by atoms with Crippen LogP contribution in [0.5, 0.6) is 5.75 Å². The molecule has 2 N–H and O–H groups in total. The number of nitrogens with one attached hydrogen (secondary N) is 1. The molecule has 0 spiro atoms. The van der Waals surface area contributed by atoms with Crippen molar-refractivity contribution in [3.05, 3.63) is 48.0 Å². The van der Waals surface area contributed by atoms with E-state index in [1.165, 1.54) is 0 Å². The Labute approximate surface area is 118 Å². The van der Waals surface area contributed by atoms with Gasteiger partial charge in [-0.3, -0.25) is 5.32 Å². The molecular weight excluding hydrogens is 254 g/mol. The van der Waals surface area contributed by atoms with Crippen LogP contribution >= 0.6 is 0 Å². The Kier molecular flexibility index (Phi) is 3.46. The summed E-state index contributed by atoms with van der Waals surface area (Å²) in [5.41, 5.74) is 1.53. The number of aromatic nitrogens is 2. The molecule has 5 nitrogen and oxygen atoms in total. The van der Waals surface area contributed by atoms with Gasteiger partial charge in [-0.2, -0.15) is 0 Å². The number of para-hydroxylation sites is 1. The van der Waals surface area contributed by atoms with Gasteiger partial charge in [-0.15, -0.1) is 0 Å². The van der Waals surface area contributed by atoms with Crippen LogP contribution in [0.1, 0.15) is 17.7 Å². The fourth-order valence-electron chi connectivity index (χ4n) is 2.68. The van der Waals surface area contributed by atoms with Crippen LogP contribution in [0.25, 0.3) is 0 Å². The molecule has 0 bridgehead atoms. The summed E-state index contributed by atoms with van der Waals surface area (Å²) in [7, 11) is 1.95. The zero-order valence-electron chi connectivity index (χ0n) is 11.5. The number of ether oxygens (including phenoxy) is 1. The van der Waals surface area contributed by atoms with Crippen molar-refractivity contribution >= 4 is 0 Å². The molecule has 106 valence electrons. The Bertz CT molecular complexity index is 596. The molecule has 1 unspecified atom stereocenters. The van der Waals surface area contributed by atoms with Crippen LogP contribution < -0.4 is 10.1 Å². The van der Waals surface area contributed by atoms with E-state index < -0.39 is 5.54 Å². The van der Waals surface area contributed by atoms with Gasteiger partial charge in [0.2, 0.25) is 0 Å². The summed E-state index contributed by atoms with van der Waals surface area (Å²) in [4.78, 5) is 4.31. The second-order valence-electron chi connectivity index (χ2n) is 5.22. The van der Waals surface area contributed by atoms with Gasteiger partial charge in [0.25, 0.3) is 0 Å². The highest BCUT2D eigenvalue weighted by Crippen LogP contribution is 2.36. The first-order valence-electron chi connectivity index (χ1n) is 6.78. The van der Waals surface area contributed by atoms with Crippen molar-refractivity contribution in [2.24, 2.45) is 7.05 Å². The molecule has 1 aromatic heterocycles. The minimum atomic E-state index is -0.452. The number of fused-ring (bicyclic) bond motifs is 1. The first kappa shape index (κ1) is 13.1. The average molecular weight is 273 g/mol. The first-order chi connectivity index (χ1) is 9.73. The van der Waals surface area contributed by atoms with Gasteiger partial charge >= 0.3 is 0 Å². The van der Waals surface area contributed by atoms with Gasteiger partial charge in [0.1, 0.15) is 5.75 Å². The van der Waals surface area contributed by atoms with Crippen LogP contribution in [-0.4, -0.2) is 27.9 Å². The minimum Gasteiger partial charge on any atom is -0.493 e. The number of aryl methyl sites for hydroxylation is 1. The fourth-order valence-corrected chi connectivity index (χ4v) is 2.68. The lowest BCUT2D eigenvalue weighted by Gasteiger charge is -2.38. The molecule has 20 heavy (non-hydrogen) atoms. The summed E-state index contributed by atoms with van der Waals surface area (Å²) in [6.45, 7) is 1.27. The van der Waals surface area contributed by atoms with Crippen molar-refractivity contribution in [3.8, 4) is 5.75 Å². The van der Waals surface area contributed by atoms with Crippen LogP contribution in [0.15, 0.2) is 36.8 Å². The number of hydrogen-bond acceptors (Lipinski definition) is 4. The molecular formula is C15H19N3O2. The predicted octanol–water partition coefficient (Wildman–Crippen LogP) is 1.18. The quantitative estimate of drug-likeness (QED) is 0.878. The number of nitrogens with zero attached hydrogens (tertiary/aromatic N) is 2. The minimum absolute atomic E-state index is 0.0419. The SMILES string of the molecule is Cn1cnc(CNC2(CO)CCOc3ccccc32)c1. The van der Waals surface area contributed by atoms with Crippen molar-refractivity contribution in [1.29, 1.82) is 0 Å². The molecule has 1 aliphatic heterocycles. The number of rotatable bonds is 4. The van der Waals surface area contributed by atoms with E-state index in [0.717, 1.165) is 23.4 Å². The monoisotopic (exact) mass is 273 g/mol. The number of hydrogen-bond donors (Lipinski definition) is 2. The normalized spacial score (nSPS) is 21.3. The molecule has 0 radical (unpaired) electrons. The van der Waals surface area contributed by atoms with E-state index in [-0.39, 0.29) is 6.61 Å². The summed E-state index contributed by atoms with van der Waals surface area (Å²) in [6, 6.07) is 7.88. The molecule has 2 aromatic rings. The molecule has 1 aliphatic rings. The third-order valence-electron chi connectivity index (χ3n) is 3.83. The predicted molar refractivity (Wildman–Crippen MR) is 75.4 cm³/mol. The molecule has 0 saturated heterocycles. The lowest BCUT2D eigenvalue weighted by Crippen LogP contribution is -2.48. The summed E-state index contributed by atoms with van der Waals surface area (Å²) in [5, 5.41) is 13.4. The lowest BCUT2D eigenvalue weighted by molar-refractivity contribution is 0.105. The lowest BCUT2D eigenvalue weighted by atomic mass is 9.85. The summed E-state index contributed by atoms with van der Waals surface area (Å²) in [6.07, 6.45) is 4.50. The zero-order chi connectivity index (χ0) is 14.0. The Morgan fingerprint density at radius 3 is 3.05 bits per heavy atom. The van der Waals surface area contributed by atoms with E-state index in [4.69, 9.17) is 4.74 Å². The van der Waals surface area contributed by atoms with E-state index in [1.807, 2.05) is 42.1 Å². The van der Waals surface area contributed by atoms with Gasteiger partial charge in [-0.05, 0) is 6.07 Å². The Morgan fingerprint density at radius 1 is 1.45 bits per heavy atom. The molecule has 0 saturated carbocycles. The number of aliphatic hydroxyl groups is 1. The maximum Gasteiger partial charge on any atom is 0.124 e. The molecule has 5 heteroatoms. The number of aliphatic hydroxyl groups excluding tert-OH is 1. The van der Waals surface area contributed by atoms with Crippen molar-refractivity contribution < 1.29 is 9.84 Å². The molecule has 2 heterocycles. The Hall–Kier alpha value is -1.85. The van der Waals surface area contributed by atoms with Crippen molar-refractivity contribution in [2.75, 3.05) is 13.2 Å². The van der Waals surface area contributed by atoms with Gasteiger partial charge in [0.05, 0.1) is 30.8 Å². The highest BCUT2D eigenvalue weighted by Gasteiger charge is 2.36.